The number of aromatic nitrogens is 3. The molecule has 6 nitrogen and oxygen atoms in total. The molecule has 1 aliphatic rings. The van der Waals surface area contributed by atoms with Gasteiger partial charge in [-0.1, -0.05) is 18.2 Å². The average molecular weight is 347 g/mol. The van der Waals surface area contributed by atoms with Crippen LogP contribution >= 0.6 is 0 Å². The molecule has 2 aromatic heterocycles. The monoisotopic (exact) mass is 347 g/mol. The molecule has 0 aliphatic carbocycles. The lowest BCUT2D eigenvalue weighted by Gasteiger charge is -2.44. The summed E-state index contributed by atoms with van der Waals surface area (Å²) in [6.07, 6.45) is 7.27. The maximum Gasteiger partial charge on any atom is 0.253 e. The highest BCUT2D eigenvalue weighted by Crippen LogP contribution is 2.22. The van der Waals surface area contributed by atoms with Crippen molar-refractivity contribution >= 4 is 11.7 Å². The maximum absolute atomic E-state index is 12.7. The largest absolute Gasteiger partial charge is 0.352 e. The summed E-state index contributed by atoms with van der Waals surface area (Å²) in [6, 6.07) is 13.9. The van der Waals surface area contributed by atoms with Gasteiger partial charge in [0.15, 0.2) is 0 Å². The molecule has 3 heterocycles. The van der Waals surface area contributed by atoms with Gasteiger partial charge in [0.2, 0.25) is 0 Å². The van der Waals surface area contributed by atoms with Gasteiger partial charge in [0, 0.05) is 50.8 Å². The predicted octanol–water partition coefficient (Wildman–Crippen LogP) is 2.29. The zero-order valence-corrected chi connectivity index (χ0v) is 14.7. The number of likely N-dealkylation sites (N-methyl/N-ethyl adjacent to an activating group) is 1. The first-order chi connectivity index (χ1) is 12.7. The van der Waals surface area contributed by atoms with Gasteiger partial charge in [-0.2, -0.15) is 0 Å². The molecule has 0 bridgehead atoms. The minimum Gasteiger partial charge on any atom is -0.352 e. The summed E-state index contributed by atoms with van der Waals surface area (Å²) in [5.41, 5.74) is 1.87. The van der Waals surface area contributed by atoms with E-state index in [9.17, 15) is 4.79 Å². The number of carbonyl (C=O) groups is 1. The third-order valence-electron chi connectivity index (χ3n) is 4.83. The van der Waals surface area contributed by atoms with Gasteiger partial charge in [0.1, 0.15) is 5.82 Å². The second kappa shape index (κ2) is 7.00. The van der Waals surface area contributed by atoms with E-state index >= 15 is 0 Å². The molecule has 1 aliphatic heterocycles. The van der Waals surface area contributed by atoms with Crippen LogP contribution in [0.5, 0.6) is 0 Å². The standard InChI is InChI=1S/C20H21N5O/c1-23(18-13-25(14-18)19-4-2-3-9-22-19)20(26)17-7-5-16(6-8-17)12-24-11-10-21-15-24/h2-11,15,18H,12-14H2,1H3. The van der Waals surface area contributed by atoms with Crippen LogP contribution in [0.2, 0.25) is 0 Å². The normalized spacial score (nSPS) is 14.1. The SMILES string of the molecule is CN(C(=O)c1ccc(Cn2ccnc2)cc1)C1CN(c2ccccn2)C1. The molecular weight excluding hydrogens is 326 g/mol. The number of hydrogen-bond donors (Lipinski definition) is 0. The Balaban J connectivity index is 1.35. The third-order valence-corrected chi connectivity index (χ3v) is 4.83. The zero-order valence-electron chi connectivity index (χ0n) is 14.7. The van der Waals surface area contributed by atoms with Gasteiger partial charge < -0.3 is 14.4 Å². The van der Waals surface area contributed by atoms with E-state index in [2.05, 4.69) is 14.9 Å². The first-order valence-electron chi connectivity index (χ1n) is 8.68. The van der Waals surface area contributed by atoms with Gasteiger partial charge in [-0.25, -0.2) is 9.97 Å². The quantitative estimate of drug-likeness (QED) is 0.711. The molecule has 4 rings (SSSR count). The van der Waals surface area contributed by atoms with Crippen molar-refractivity contribution in [3.05, 3.63) is 78.5 Å². The van der Waals surface area contributed by atoms with Gasteiger partial charge in [-0.3, -0.25) is 4.79 Å². The van der Waals surface area contributed by atoms with Crippen molar-refractivity contribution in [3.8, 4) is 0 Å². The Morgan fingerprint density at radius 3 is 2.62 bits per heavy atom. The number of pyridine rings is 1. The van der Waals surface area contributed by atoms with Gasteiger partial charge >= 0.3 is 0 Å². The fourth-order valence-corrected chi connectivity index (χ4v) is 3.14. The van der Waals surface area contributed by atoms with Crippen LogP contribution in [0, 0.1) is 0 Å². The Kier molecular flexibility index (Phi) is 4.39. The number of imidazole rings is 1. The average Bonchev–Trinajstić information content (AvgIpc) is 3.14. The highest BCUT2D eigenvalue weighted by Gasteiger charge is 2.33. The molecule has 0 atom stereocenters. The molecule has 132 valence electrons. The zero-order chi connectivity index (χ0) is 17.9. The Morgan fingerprint density at radius 2 is 1.96 bits per heavy atom. The highest BCUT2D eigenvalue weighted by molar-refractivity contribution is 5.94. The Hall–Kier alpha value is -3.15. The van der Waals surface area contributed by atoms with Crippen molar-refractivity contribution in [1.82, 2.24) is 19.4 Å². The fourth-order valence-electron chi connectivity index (χ4n) is 3.14. The second-order valence-corrected chi connectivity index (χ2v) is 6.59. The number of hydrogen-bond acceptors (Lipinski definition) is 4. The van der Waals surface area contributed by atoms with Crippen molar-refractivity contribution in [2.45, 2.75) is 12.6 Å². The smallest absolute Gasteiger partial charge is 0.253 e. The third kappa shape index (κ3) is 3.31. The van der Waals surface area contributed by atoms with Crippen molar-refractivity contribution in [2.24, 2.45) is 0 Å². The fraction of sp³-hybridized carbons (Fsp3) is 0.250. The minimum atomic E-state index is 0.0600. The number of carbonyl (C=O) groups excluding carboxylic acids is 1. The van der Waals surface area contributed by atoms with Crippen molar-refractivity contribution in [2.75, 3.05) is 25.0 Å². The summed E-state index contributed by atoms with van der Waals surface area (Å²) >= 11 is 0. The van der Waals surface area contributed by atoms with Crippen LogP contribution < -0.4 is 4.90 Å². The summed E-state index contributed by atoms with van der Waals surface area (Å²) in [5.74, 6) is 1.03. The topological polar surface area (TPSA) is 54.3 Å². The maximum atomic E-state index is 12.7. The molecular formula is C20H21N5O. The Labute approximate surface area is 152 Å². The summed E-state index contributed by atoms with van der Waals surface area (Å²) in [5, 5.41) is 0. The van der Waals surface area contributed by atoms with E-state index in [1.807, 2.05) is 65.2 Å². The van der Waals surface area contributed by atoms with E-state index in [0.717, 1.165) is 36.6 Å². The van der Waals surface area contributed by atoms with Gasteiger partial charge in [-0.05, 0) is 29.8 Å². The van der Waals surface area contributed by atoms with Gasteiger partial charge in [-0.15, -0.1) is 0 Å². The van der Waals surface area contributed by atoms with Crippen LogP contribution in [0.3, 0.4) is 0 Å². The summed E-state index contributed by atoms with van der Waals surface area (Å²) < 4.78 is 2.00. The van der Waals surface area contributed by atoms with Crippen LogP contribution in [0.1, 0.15) is 15.9 Å². The summed E-state index contributed by atoms with van der Waals surface area (Å²) in [4.78, 5) is 25.1. The molecule has 0 N–H and O–H groups in total. The number of anilines is 1. The predicted molar refractivity (Wildman–Crippen MR) is 100 cm³/mol. The molecule has 1 amide bonds. The van der Waals surface area contributed by atoms with E-state index in [1.165, 1.54) is 0 Å². The lowest BCUT2D eigenvalue weighted by atomic mass is 10.1. The first-order valence-corrected chi connectivity index (χ1v) is 8.68. The molecule has 26 heavy (non-hydrogen) atoms. The van der Waals surface area contributed by atoms with Crippen LogP contribution in [-0.4, -0.2) is 51.5 Å². The molecule has 0 unspecified atom stereocenters. The minimum absolute atomic E-state index is 0.0600. The Bertz CT molecular complexity index is 855. The molecule has 3 aromatic rings. The number of amides is 1. The van der Waals surface area contributed by atoms with Crippen molar-refractivity contribution in [1.29, 1.82) is 0 Å². The van der Waals surface area contributed by atoms with E-state index in [4.69, 9.17) is 0 Å². The van der Waals surface area contributed by atoms with Crippen molar-refractivity contribution < 1.29 is 4.79 Å². The number of benzene rings is 1. The molecule has 1 saturated heterocycles. The van der Waals surface area contributed by atoms with E-state index < -0.39 is 0 Å². The molecule has 0 radical (unpaired) electrons. The summed E-state index contributed by atoms with van der Waals surface area (Å²) in [6.45, 7) is 2.39. The van der Waals surface area contributed by atoms with E-state index in [1.54, 1.807) is 18.7 Å². The van der Waals surface area contributed by atoms with E-state index in [-0.39, 0.29) is 11.9 Å². The molecule has 1 aromatic carbocycles. The molecule has 0 spiro atoms. The van der Waals surface area contributed by atoms with Crippen LogP contribution in [0.15, 0.2) is 67.4 Å². The van der Waals surface area contributed by atoms with Gasteiger partial charge in [0.25, 0.3) is 5.91 Å². The van der Waals surface area contributed by atoms with Crippen LogP contribution in [-0.2, 0) is 6.54 Å². The van der Waals surface area contributed by atoms with E-state index in [0.29, 0.717) is 0 Å². The second-order valence-electron chi connectivity index (χ2n) is 6.59. The molecule has 1 fully saturated rings. The number of rotatable bonds is 5. The first kappa shape index (κ1) is 16.3. The molecule has 6 heteroatoms. The lowest BCUT2D eigenvalue weighted by Crippen LogP contribution is -2.60. The van der Waals surface area contributed by atoms with Crippen LogP contribution in [0.25, 0.3) is 0 Å². The highest BCUT2D eigenvalue weighted by atomic mass is 16.2. The summed E-state index contributed by atoms with van der Waals surface area (Å²) in [7, 11) is 1.88. The lowest BCUT2D eigenvalue weighted by molar-refractivity contribution is 0.0705. The molecule has 0 saturated carbocycles. The van der Waals surface area contributed by atoms with Gasteiger partial charge in [0.05, 0.1) is 12.4 Å². The Morgan fingerprint density at radius 1 is 1.15 bits per heavy atom. The number of nitrogens with zero attached hydrogens (tertiary/aromatic N) is 5. The van der Waals surface area contributed by atoms with Crippen molar-refractivity contribution in [3.63, 3.8) is 0 Å². The van der Waals surface area contributed by atoms with Crippen LogP contribution in [0.4, 0.5) is 5.82 Å².